The van der Waals surface area contributed by atoms with E-state index in [4.69, 9.17) is 6.57 Å². The van der Waals surface area contributed by atoms with Crippen molar-refractivity contribution in [1.82, 2.24) is 0 Å². The summed E-state index contributed by atoms with van der Waals surface area (Å²) in [5.74, 6) is -0.461. The molecule has 0 heterocycles. The first-order chi connectivity index (χ1) is 3.48. The molecule has 0 aromatic carbocycles. The van der Waals surface area contributed by atoms with Crippen LogP contribution in [0.3, 0.4) is 0 Å². The van der Waals surface area contributed by atoms with Gasteiger partial charge in [-0.05, 0) is 0 Å². The van der Waals surface area contributed by atoms with Crippen molar-refractivity contribution in [1.29, 1.82) is 0 Å². The first-order valence-electron chi connectivity index (χ1n) is 2.09. The Labute approximate surface area is 56.8 Å². The van der Waals surface area contributed by atoms with Crippen molar-refractivity contribution in [3.8, 4) is 0 Å². The van der Waals surface area contributed by atoms with Crippen molar-refractivity contribution in [2.45, 2.75) is 18.2 Å². The topological polar surface area (TPSA) is 21.4 Å². The number of hydrogen-bond acceptors (Lipinski definition) is 1. The second-order valence-corrected chi connectivity index (χ2v) is 3.87. The maximum absolute atomic E-state index is 10.4. The van der Waals surface area contributed by atoms with E-state index in [0.29, 0.717) is 0 Å². The van der Waals surface area contributed by atoms with Gasteiger partial charge in [0.25, 0.3) is 0 Å². The first-order valence-corrected chi connectivity index (χ1v) is 2.88. The number of halogens is 1. The molecule has 3 heteroatoms. The van der Waals surface area contributed by atoms with E-state index in [-0.39, 0.29) is 0 Å². The number of amides is 1. The average Bonchev–Trinajstić information content (AvgIpc) is 1.62. The minimum atomic E-state index is -0.672. The first kappa shape index (κ1) is 7.64. The molecule has 0 radical (unpaired) electrons. The van der Waals surface area contributed by atoms with Gasteiger partial charge in [-0.2, -0.15) is 4.85 Å². The molecular weight excluding hydrogens is 170 g/mol. The van der Waals surface area contributed by atoms with E-state index in [9.17, 15) is 4.79 Å². The maximum Gasteiger partial charge on any atom is 0.371 e. The lowest BCUT2D eigenvalue weighted by Gasteiger charge is -2.05. The smallest absolute Gasteiger partial charge is 0.314 e. The molecule has 0 aliphatic carbocycles. The average molecular weight is 176 g/mol. The zero-order chi connectivity index (χ0) is 6.78. The Balaban J connectivity index is 4.09. The van der Waals surface area contributed by atoms with Crippen LogP contribution in [0, 0.1) is 6.57 Å². The molecule has 0 rings (SSSR count). The highest BCUT2D eigenvalue weighted by molar-refractivity contribution is 9.10. The normalized spacial score (nSPS) is 10.2. The summed E-state index contributed by atoms with van der Waals surface area (Å²) < 4.78 is -0.672. The van der Waals surface area contributed by atoms with E-state index in [0.717, 1.165) is 0 Å². The Kier molecular flexibility index (Phi) is 2.17. The minimum Gasteiger partial charge on any atom is -0.314 e. The van der Waals surface area contributed by atoms with Gasteiger partial charge in [-0.15, -0.1) is 0 Å². The Morgan fingerprint density at radius 2 is 2.12 bits per heavy atom. The summed E-state index contributed by atoms with van der Waals surface area (Å²) in [5.41, 5.74) is 0. The lowest BCUT2D eigenvalue weighted by atomic mass is 10.2. The van der Waals surface area contributed by atoms with Crippen LogP contribution in [0.4, 0.5) is 0 Å². The Hall–Kier alpha value is -0.360. The molecule has 0 aliphatic rings. The second kappa shape index (κ2) is 2.27. The number of carbonyl (C=O) groups is 1. The van der Waals surface area contributed by atoms with Crippen molar-refractivity contribution < 1.29 is 4.79 Å². The monoisotopic (exact) mass is 175 g/mol. The standard InChI is InChI=1S/C5H6BrNO/c1-5(2,6)4(8)7-3/h1-2H3. The summed E-state index contributed by atoms with van der Waals surface area (Å²) in [6.07, 6.45) is 0. The van der Waals surface area contributed by atoms with Gasteiger partial charge in [0, 0.05) is 0 Å². The number of rotatable bonds is 1. The van der Waals surface area contributed by atoms with Crippen molar-refractivity contribution in [3.63, 3.8) is 0 Å². The van der Waals surface area contributed by atoms with E-state index in [1.54, 1.807) is 13.8 Å². The minimum absolute atomic E-state index is 0.461. The van der Waals surface area contributed by atoms with E-state index >= 15 is 0 Å². The predicted molar refractivity (Wildman–Crippen MR) is 34.6 cm³/mol. The molecule has 0 fully saturated rings. The molecule has 0 unspecified atom stereocenters. The van der Waals surface area contributed by atoms with Gasteiger partial charge >= 0.3 is 5.91 Å². The van der Waals surface area contributed by atoms with Gasteiger partial charge in [0.05, 0.1) is 10.9 Å². The molecule has 1 amide bonds. The molecule has 44 valence electrons. The van der Waals surface area contributed by atoms with Crippen LogP contribution in [0.5, 0.6) is 0 Å². The zero-order valence-electron chi connectivity index (χ0n) is 4.73. The van der Waals surface area contributed by atoms with Crippen LogP contribution in [-0.2, 0) is 4.79 Å². The van der Waals surface area contributed by atoms with Crippen LogP contribution in [-0.4, -0.2) is 10.2 Å². The summed E-state index contributed by atoms with van der Waals surface area (Å²) in [5, 5.41) is 0. The molecule has 0 saturated carbocycles. The molecule has 2 nitrogen and oxygen atoms in total. The third-order valence-electron chi connectivity index (χ3n) is 0.610. The lowest BCUT2D eigenvalue weighted by molar-refractivity contribution is -0.116. The van der Waals surface area contributed by atoms with Crippen LogP contribution in [0.15, 0.2) is 0 Å². The van der Waals surface area contributed by atoms with Crippen molar-refractivity contribution in [2.24, 2.45) is 0 Å². The van der Waals surface area contributed by atoms with Crippen molar-refractivity contribution in [2.75, 3.05) is 0 Å². The summed E-state index contributed by atoms with van der Waals surface area (Å²) >= 11 is 3.04. The van der Waals surface area contributed by atoms with Crippen LogP contribution >= 0.6 is 15.9 Å². The van der Waals surface area contributed by atoms with Crippen LogP contribution < -0.4 is 0 Å². The van der Waals surface area contributed by atoms with E-state index in [1.807, 2.05) is 0 Å². The molecule has 0 aromatic heterocycles. The highest BCUT2D eigenvalue weighted by atomic mass is 79.9. The third-order valence-corrected chi connectivity index (χ3v) is 0.949. The largest absolute Gasteiger partial charge is 0.371 e. The fourth-order valence-electron chi connectivity index (χ4n) is 0.133. The van der Waals surface area contributed by atoms with E-state index in [2.05, 4.69) is 20.8 Å². The van der Waals surface area contributed by atoms with Gasteiger partial charge in [-0.3, -0.25) is 0 Å². The van der Waals surface area contributed by atoms with Crippen molar-refractivity contribution >= 4 is 21.8 Å². The molecule has 0 aliphatic heterocycles. The molecule has 0 saturated heterocycles. The SMILES string of the molecule is [C-]#[N+]C(=O)C(C)(C)Br. The van der Waals surface area contributed by atoms with E-state index < -0.39 is 10.2 Å². The molecule has 8 heavy (non-hydrogen) atoms. The Bertz CT molecular complexity index is 139. The quantitative estimate of drug-likeness (QED) is 0.439. The number of alkyl halides is 1. The summed E-state index contributed by atoms with van der Waals surface area (Å²) in [7, 11) is 0. The Morgan fingerprint density at radius 3 is 2.12 bits per heavy atom. The van der Waals surface area contributed by atoms with Gasteiger partial charge in [-0.25, -0.2) is 0 Å². The number of hydrogen-bond donors (Lipinski definition) is 0. The molecule has 0 N–H and O–H groups in total. The van der Waals surface area contributed by atoms with Gasteiger partial charge < -0.3 is 4.79 Å². The van der Waals surface area contributed by atoms with Crippen LogP contribution in [0.25, 0.3) is 4.85 Å². The molecule has 0 atom stereocenters. The van der Waals surface area contributed by atoms with Gasteiger partial charge in [0.2, 0.25) is 0 Å². The Morgan fingerprint density at radius 1 is 1.75 bits per heavy atom. The fourth-order valence-corrected chi connectivity index (χ4v) is 0.222. The fraction of sp³-hybridized carbons (Fsp3) is 0.600. The number of carbonyl (C=O) groups excluding carboxylic acids is 1. The summed E-state index contributed by atoms with van der Waals surface area (Å²) in [4.78, 5) is 13.2. The summed E-state index contributed by atoms with van der Waals surface area (Å²) in [6.45, 7) is 9.60. The van der Waals surface area contributed by atoms with Crippen LogP contribution in [0.1, 0.15) is 13.8 Å². The molecular formula is C5H6BrNO. The van der Waals surface area contributed by atoms with Gasteiger partial charge in [-0.1, -0.05) is 29.8 Å². The highest BCUT2D eigenvalue weighted by Crippen LogP contribution is 2.16. The zero-order valence-corrected chi connectivity index (χ0v) is 6.32. The van der Waals surface area contributed by atoms with Crippen LogP contribution in [0.2, 0.25) is 0 Å². The van der Waals surface area contributed by atoms with E-state index in [1.165, 1.54) is 0 Å². The molecule has 0 spiro atoms. The third kappa shape index (κ3) is 2.08. The van der Waals surface area contributed by atoms with Gasteiger partial charge in [0.1, 0.15) is 0 Å². The second-order valence-electron chi connectivity index (χ2n) is 1.89. The highest BCUT2D eigenvalue weighted by Gasteiger charge is 2.23. The summed E-state index contributed by atoms with van der Waals surface area (Å²) in [6, 6.07) is 0. The van der Waals surface area contributed by atoms with Gasteiger partial charge in [0.15, 0.2) is 0 Å². The maximum atomic E-state index is 10.4. The molecule has 0 bridgehead atoms. The predicted octanol–water partition coefficient (Wildman–Crippen LogP) is 1.61. The molecule has 0 aromatic rings. The number of nitrogens with zero attached hydrogens (tertiary/aromatic N) is 1. The lowest BCUT2D eigenvalue weighted by Crippen LogP contribution is -2.19. The van der Waals surface area contributed by atoms with Crippen molar-refractivity contribution in [3.05, 3.63) is 11.4 Å².